The molecule has 0 radical (unpaired) electrons. The zero-order chi connectivity index (χ0) is 23.7. The maximum absolute atomic E-state index is 12.7. The van der Waals surface area contributed by atoms with E-state index in [9.17, 15) is 9.59 Å². The molecular weight excluding hydrogens is 432 g/mol. The second-order valence-electron chi connectivity index (χ2n) is 9.49. The Morgan fingerprint density at radius 3 is 2.74 bits per heavy atom. The van der Waals surface area contributed by atoms with E-state index in [0.717, 1.165) is 30.9 Å². The van der Waals surface area contributed by atoms with Gasteiger partial charge in [0.2, 0.25) is 11.9 Å². The molecule has 2 saturated carbocycles. The Hall–Kier alpha value is -3.36. The highest BCUT2D eigenvalue weighted by molar-refractivity contribution is 5.97. The van der Waals surface area contributed by atoms with Crippen LogP contribution in [0.25, 0.3) is 0 Å². The highest BCUT2D eigenvalue weighted by atomic mass is 16.5. The lowest BCUT2D eigenvalue weighted by molar-refractivity contribution is -0.118. The van der Waals surface area contributed by atoms with Crippen molar-refractivity contribution in [3.05, 3.63) is 30.0 Å². The van der Waals surface area contributed by atoms with Gasteiger partial charge in [-0.15, -0.1) is 0 Å². The van der Waals surface area contributed by atoms with Crippen molar-refractivity contribution in [1.82, 2.24) is 15.3 Å². The van der Waals surface area contributed by atoms with Gasteiger partial charge < -0.3 is 25.2 Å². The van der Waals surface area contributed by atoms with Crippen molar-refractivity contribution < 1.29 is 14.3 Å². The molecule has 3 aliphatic rings. The van der Waals surface area contributed by atoms with Gasteiger partial charge in [0.25, 0.3) is 5.91 Å². The zero-order valence-corrected chi connectivity index (χ0v) is 19.8. The van der Waals surface area contributed by atoms with Gasteiger partial charge in [0.15, 0.2) is 5.82 Å². The van der Waals surface area contributed by atoms with E-state index in [1.807, 2.05) is 6.07 Å². The lowest BCUT2D eigenvalue weighted by Crippen LogP contribution is -2.32. The standard InChI is InChI=1S/C25H32N6O3/c1-30-20-14-26-25(29-23(20)31(12-11-22(30)32)15-16-7-8-16)28-19-10-9-17(13-21(19)34-2)24(33)27-18-5-3-4-6-18/h9-10,13-14,16,18H,3-8,11-12,15H2,1-2H3,(H,27,33)(H,26,28,29). The van der Waals surface area contributed by atoms with Crippen molar-refractivity contribution in [2.24, 2.45) is 5.92 Å². The number of carbonyl (C=O) groups is 2. The van der Waals surface area contributed by atoms with Gasteiger partial charge >= 0.3 is 0 Å². The number of nitrogens with zero attached hydrogens (tertiary/aromatic N) is 4. The third kappa shape index (κ3) is 4.78. The fourth-order valence-corrected chi connectivity index (χ4v) is 4.72. The summed E-state index contributed by atoms with van der Waals surface area (Å²) < 4.78 is 5.56. The molecule has 9 heteroatoms. The van der Waals surface area contributed by atoms with E-state index in [4.69, 9.17) is 9.72 Å². The van der Waals surface area contributed by atoms with Crippen molar-refractivity contribution in [1.29, 1.82) is 0 Å². The van der Waals surface area contributed by atoms with Gasteiger partial charge in [-0.3, -0.25) is 9.59 Å². The Labute approximate surface area is 199 Å². The van der Waals surface area contributed by atoms with Crippen molar-refractivity contribution in [3.63, 3.8) is 0 Å². The van der Waals surface area contributed by atoms with Gasteiger partial charge in [0, 0.05) is 38.2 Å². The van der Waals surface area contributed by atoms with E-state index >= 15 is 0 Å². The number of amides is 2. The quantitative estimate of drug-likeness (QED) is 0.647. The number of hydrogen-bond acceptors (Lipinski definition) is 7. The molecule has 1 aromatic carbocycles. The SMILES string of the molecule is COc1cc(C(=O)NC2CCCC2)ccc1Nc1ncc2c(n1)N(CC1CC1)CCC(=O)N2C. The van der Waals surface area contributed by atoms with Crippen molar-refractivity contribution in [3.8, 4) is 5.75 Å². The maximum Gasteiger partial charge on any atom is 0.251 e. The van der Waals surface area contributed by atoms with Gasteiger partial charge in [0.05, 0.1) is 19.0 Å². The van der Waals surface area contributed by atoms with E-state index in [-0.39, 0.29) is 17.9 Å². The smallest absolute Gasteiger partial charge is 0.251 e. The Bertz CT molecular complexity index is 1080. The number of aromatic nitrogens is 2. The molecule has 2 heterocycles. The number of rotatable bonds is 7. The molecule has 0 atom stereocenters. The van der Waals surface area contributed by atoms with Crippen molar-refractivity contribution in [2.45, 2.75) is 51.0 Å². The highest BCUT2D eigenvalue weighted by Gasteiger charge is 2.31. The molecule has 0 unspecified atom stereocenters. The Morgan fingerprint density at radius 1 is 1.21 bits per heavy atom. The minimum atomic E-state index is -0.0820. The van der Waals surface area contributed by atoms with Crippen LogP contribution in [0.3, 0.4) is 0 Å². The summed E-state index contributed by atoms with van der Waals surface area (Å²) in [5.74, 6) is 2.38. The van der Waals surface area contributed by atoms with Crippen LogP contribution in [0.5, 0.6) is 5.75 Å². The van der Waals surface area contributed by atoms with Crippen molar-refractivity contribution in [2.75, 3.05) is 42.4 Å². The number of fused-ring (bicyclic) bond motifs is 1. The molecule has 2 aromatic rings. The van der Waals surface area contributed by atoms with Crippen LogP contribution in [-0.4, -0.2) is 55.1 Å². The highest BCUT2D eigenvalue weighted by Crippen LogP contribution is 2.36. The predicted molar refractivity (Wildman–Crippen MR) is 131 cm³/mol. The first-order valence-electron chi connectivity index (χ1n) is 12.2. The van der Waals surface area contributed by atoms with E-state index in [0.29, 0.717) is 41.8 Å². The Morgan fingerprint density at radius 2 is 2.00 bits per heavy atom. The van der Waals surface area contributed by atoms with Crippen molar-refractivity contribution >= 4 is 35.0 Å². The molecule has 2 N–H and O–H groups in total. The molecule has 2 aliphatic carbocycles. The molecule has 180 valence electrons. The van der Waals surface area contributed by atoms with Crippen LogP contribution in [0.2, 0.25) is 0 Å². The number of methoxy groups -OCH3 is 1. The molecule has 2 amide bonds. The average molecular weight is 465 g/mol. The van der Waals surface area contributed by atoms with Gasteiger partial charge in [-0.25, -0.2) is 4.98 Å². The van der Waals surface area contributed by atoms with E-state index in [1.165, 1.54) is 25.7 Å². The fourth-order valence-electron chi connectivity index (χ4n) is 4.72. The summed E-state index contributed by atoms with van der Waals surface area (Å²) in [4.78, 5) is 38.2. The van der Waals surface area contributed by atoms with Crippen LogP contribution in [0.1, 0.15) is 55.3 Å². The van der Waals surface area contributed by atoms with E-state index in [2.05, 4.69) is 20.5 Å². The summed E-state index contributed by atoms with van der Waals surface area (Å²) in [6.45, 7) is 1.55. The molecule has 5 rings (SSSR count). The molecule has 1 aliphatic heterocycles. The second-order valence-corrected chi connectivity index (χ2v) is 9.49. The lowest BCUT2D eigenvalue weighted by atomic mass is 10.1. The normalized spacial score (nSPS) is 18.5. The maximum atomic E-state index is 12.7. The summed E-state index contributed by atoms with van der Waals surface area (Å²) in [6.07, 6.45) is 9.02. The summed E-state index contributed by atoms with van der Waals surface area (Å²) in [6, 6.07) is 5.59. The van der Waals surface area contributed by atoms with Crippen LogP contribution in [-0.2, 0) is 4.79 Å². The number of benzene rings is 1. The first kappa shape index (κ1) is 22.4. The Kier molecular flexibility index (Phi) is 6.26. The predicted octanol–water partition coefficient (Wildman–Crippen LogP) is 3.48. The zero-order valence-electron chi connectivity index (χ0n) is 19.8. The first-order valence-corrected chi connectivity index (χ1v) is 12.2. The van der Waals surface area contributed by atoms with Crippen LogP contribution in [0.4, 0.5) is 23.1 Å². The molecule has 0 bridgehead atoms. The molecule has 9 nitrogen and oxygen atoms in total. The summed E-state index contributed by atoms with van der Waals surface area (Å²) in [5, 5.41) is 6.35. The molecule has 34 heavy (non-hydrogen) atoms. The number of nitrogens with one attached hydrogen (secondary N) is 2. The van der Waals surface area contributed by atoms with Crippen LogP contribution in [0.15, 0.2) is 24.4 Å². The fraction of sp³-hybridized carbons (Fsp3) is 0.520. The molecule has 2 fully saturated rings. The summed E-state index contributed by atoms with van der Waals surface area (Å²) >= 11 is 0. The average Bonchev–Trinajstić information content (AvgIpc) is 3.55. The lowest BCUT2D eigenvalue weighted by Gasteiger charge is -2.24. The number of anilines is 4. The van der Waals surface area contributed by atoms with Crippen LogP contribution >= 0.6 is 0 Å². The molecule has 0 saturated heterocycles. The largest absolute Gasteiger partial charge is 0.495 e. The number of hydrogen-bond donors (Lipinski definition) is 2. The summed E-state index contributed by atoms with van der Waals surface area (Å²) in [5.41, 5.74) is 1.96. The monoisotopic (exact) mass is 464 g/mol. The minimum absolute atomic E-state index is 0.0667. The topological polar surface area (TPSA) is 99.7 Å². The first-order chi connectivity index (χ1) is 16.5. The Balaban J connectivity index is 1.37. The van der Waals surface area contributed by atoms with Crippen LogP contribution in [0, 0.1) is 5.92 Å². The minimum Gasteiger partial charge on any atom is -0.495 e. The number of carbonyl (C=O) groups excluding carboxylic acids is 2. The third-order valence-corrected chi connectivity index (χ3v) is 6.96. The molecular formula is C25H32N6O3. The second kappa shape index (κ2) is 9.48. The third-order valence-electron chi connectivity index (χ3n) is 6.96. The molecule has 0 spiro atoms. The molecule has 1 aromatic heterocycles. The van der Waals surface area contributed by atoms with Gasteiger partial charge in [0.1, 0.15) is 11.4 Å². The van der Waals surface area contributed by atoms with Gasteiger partial charge in [-0.05, 0) is 49.8 Å². The van der Waals surface area contributed by atoms with Gasteiger partial charge in [-0.2, -0.15) is 4.98 Å². The summed E-state index contributed by atoms with van der Waals surface area (Å²) in [7, 11) is 3.35. The van der Waals surface area contributed by atoms with E-state index < -0.39 is 0 Å². The van der Waals surface area contributed by atoms with E-state index in [1.54, 1.807) is 37.4 Å². The van der Waals surface area contributed by atoms with Crippen LogP contribution < -0.4 is 25.2 Å². The van der Waals surface area contributed by atoms with Gasteiger partial charge in [-0.1, -0.05) is 12.8 Å². The number of ether oxygens (including phenoxy) is 1.